The number of nitrogens with zero attached hydrogens (tertiary/aromatic N) is 1. The summed E-state index contributed by atoms with van der Waals surface area (Å²) in [6.45, 7) is 3.73. The van der Waals surface area contributed by atoms with Crippen LogP contribution in [0.25, 0.3) is 28.5 Å². The van der Waals surface area contributed by atoms with E-state index in [0.29, 0.717) is 33.6 Å². The van der Waals surface area contributed by atoms with Crippen LogP contribution >= 0.6 is 11.8 Å². The van der Waals surface area contributed by atoms with Gasteiger partial charge in [0.05, 0.1) is 4.91 Å². The molecule has 1 aliphatic rings. The highest BCUT2D eigenvalue weighted by molar-refractivity contribution is 8.18. The fourth-order valence-corrected chi connectivity index (χ4v) is 4.29. The molecule has 1 saturated heterocycles. The van der Waals surface area contributed by atoms with Crippen LogP contribution in [0.15, 0.2) is 62.3 Å². The van der Waals surface area contributed by atoms with Crippen LogP contribution in [0.1, 0.15) is 34.4 Å². The van der Waals surface area contributed by atoms with Crippen molar-refractivity contribution in [3.63, 3.8) is 0 Å². The van der Waals surface area contributed by atoms with Gasteiger partial charge in [-0.3, -0.25) is 14.9 Å². The number of hydrogen-bond acceptors (Lipinski definition) is 7. The Labute approximate surface area is 187 Å². The number of carbonyl (C=O) groups is 2. The molecule has 5 rings (SSSR count). The predicted molar refractivity (Wildman–Crippen MR) is 121 cm³/mol. The Morgan fingerprint density at radius 3 is 2.66 bits per heavy atom. The minimum Gasteiger partial charge on any atom is -0.458 e. The van der Waals surface area contributed by atoms with Crippen LogP contribution in [0, 0.1) is 13.8 Å². The van der Waals surface area contributed by atoms with E-state index in [2.05, 4.69) is 10.3 Å². The molecule has 2 aromatic carbocycles. The molecule has 0 spiro atoms. The molecule has 4 aromatic rings. The third-order valence-corrected chi connectivity index (χ3v) is 6.05. The van der Waals surface area contributed by atoms with E-state index < -0.39 is 12.0 Å². The first-order valence-corrected chi connectivity index (χ1v) is 10.7. The molecule has 160 valence electrons. The first-order chi connectivity index (χ1) is 15.4. The van der Waals surface area contributed by atoms with E-state index in [4.69, 9.17) is 8.83 Å². The molecule has 1 unspecified atom stereocenters. The van der Waals surface area contributed by atoms with Crippen molar-refractivity contribution in [1.82, 2.24) is 10.3 Å². The lowest BCUT2D eigenvalue weighted by molar-refractivity contribution is -0.115. The van der Waals surface area contributed by atoms with Gasteiger partial charge in [-0.2, -0.15) is 0 Å². The van der Waals surface area contributed by atoms with Gasteiger partial charge >= 0.3 is 0 Å². The van der Waals surface area contributed by atoms with Crippen molar-refractivity contribution >= 4 is 40.0 Å². The maximum absolute atomic E-state index is 11.8. The summed E-state index contributed by atoms with van der Waals surface area (Å²) in [5.41, 5.74) is 3.61. The standard InChI is InChI=1S/C24H18N2O5S/c1-12-5-3-4-6-16(12)23-25-20(13(2)30-23)21(27)18-11-15-9-14(7-8-17(15)31-18)10-19-22(28)26-24(29)32-19/h3-11,21,27H,1-2H3,(H,26,28,29)/b19-10-. The van der Waals surface area contributed by atoms with Crippen LogP contribution in [0.5, 0.6) is 0 Å². The van der Waals surface area contributed by atoms with Gasteiger partial charge in [-0.1, -0.05) is 24.3 Å². The zero-order chi connectivity index (χ0) is 22.4. The fraction of sp³-hybridized carbons (Fsp3) is 0.125. The van der Waals surface area contributed by atoms with Crippen molar-refractivity contribution in [3.05, 3.63) is 81.8 Å². The highest BCUT2D eigenvalue weighted by atomic mass is 32.2. The molecular formula is C24H18N2O5S. The van der Waals surface area contributed by atoms with Crippen molar-refractivity contribution in [2.45, 2.75) is 20.0 Å². The van der Waals surface area contributed by atoms with Gasteiger partial charge in [0.25, 0.3) is 11.1 Å². The van der Waals surface area contributed by atoms with Gasteiger partial charge in [0.2, 0.25) is 5.89 Å². The Kier molecular flexibility index (Phi) is 4.96. The maximum atomic E-state index is 11.8. The molecule has 1 fully saturated rings. The van der Waals surface area contributed by atoms with Crippen molar-refractivity contribution in [3.8, 4) is 11.5 Å². The molecule has 8 heteroatoms. The average Bonchev–Trinajstić information content (AvgIpc) is 3.44. The van der Waals surface area contributed by atoms with Crippen LogP contribution in [0.3, 0.4) is 0 Å². The third-order valence-electron chi connectivity index (χ3n) is 5.24. The van der Waals surface area contributed by atoms with Gasteiger partial charge in [-0.25, -0.2) is 4.98 Å². The van der Waals surface area contributed by atoms with E-state index in [0.717, 1.165) is 33.8 Å². The monoisotopic (exact) mass is 446 g/mol. The number of thioether (sulfide) groups is 1. The maximum Gasteiger partial charge on any atom is 0.290 e. The second kappa shape index (κ2) is 7.81. The van der Waals surface area contributed by atoms with Crippen LogP contribution in [-0.4, -0.2) is 21.2 Å². The zero-order valence-electron chi connectivity index (χ0n) is 17.2. The van der Waals surface area contributed by atoms with Gasteiger partial charge in [0, 0.05) is 10.9 Å². The summed E-state index contributed by atoms with van der Waals surface area (Å²) in [6, 6.07) is 14.8. The summed E-state index contributed by atoms with van der Waals surface area (Å²) < 4.78 is 11.7. The Morgan fingerprint density at radius 1 is 1.09 bits per heavy atom. The quantitative estimate of drug-likeness (QED) is 0.420. The van der Waals surface area contributed by atoms with E-state index >= 15 is 0 Å². The number of aliphatic hydroxyl groups is 1. The molecule has 0 saturated carbocycles. The lowest BCUT2D eigenvalue weighted by Crippen LogP contribution is -2.17. The Bertz CT molecular complexity index is 1420. The van der Waals surface area contributed by atoms with Crippen molar-refractivity contribution in [1.29, 1.82) is 0 Å². The van der Waals surface area contributed by atoms with Crippen LogP contribution in [0.4, 0.5) is 4.79 Å². The van der Waals surface area contributed by atoms with E-state index in [1.54, 1.807) is 31.2 Å². The molecule has 7 nitrogen and oxygen atoms in total. The SMILES string of the molecule is Cc1ccccc1-c1nc(C(O)c2cc3cc(/C=C4\SC(=O)NC4=O)ccc3o2)c(C)o1. The number of imide groups is 1. The molecule has 2 amide bonds. The van der Waals surface area contributed by atoms with Crippen LogP contribution in [0.2, 0.25) is 0 Å². The summed E-state index contributed by atoms with van der Waals surface area (Å²) in [4.78, 5) is 28.0. The first-order valence-electron chi connectivity index (χ1n) is 9.89. The molecule has 3 heterocycles. The van der Waals surface area contributed by atoms with E-state index in [1.807, 2.05) is 37.3 Å². The second-order valence-electron chi connectivity index (χ2n) is 7.48. The van der Waals surface area contributed by atoms with Gasteiger partial charge in [-0.05, 0) is 67.1 Å². The zero-order valence-corrected chi connectivity index (χ0v) is 18.0. The van der Waals surface area contributed by atoms with Crippen molar-refractivity contribution in [2.75, 3.05) is 0 Å². The highest BCUT2D eigenvalue weighted by Crippen LogP contribution is 2.33. The molecule has 32 heavy (non-hydrogen) atoms. The molecule has 1 aliphatic heterocycles. The Hall–Kier alpha value is -3.62. The molecule has 1 atom stereocenters. The van der Waals surface area contributed by atoms with Crippen LogP contribution in [-0.2, 0) is 4.79 Å². The number of hydrogen-bond donors (Lipinski definition) is 2. The number of benzene rings is 2. The Morgan fingerprint density at radius 2 is 1.91 bits per heavy atom. The smallest absolute Gasteiger partial charge is 0.290 e. The van der Waals surface area contributed by atoms with Gasteiger partial charge < -0.3 is 13.9 Å². The molecule has 0 bridgehead atoms. The number of nitrogens with one attached hydrogen (secondary N) is 1. The van der Waals surface area contributed by atoms with E-state index in [9.17, 15) is 14.7 Å². The normalized spacial score (nSPS) is 16.2. The summed E-state index contributed by atoms with van der Waals surface area (Å²) in [5.74, 6) is 0.882. The number of furan rings is 1. The molecule has 2 N–H and O–H groups in total. The largest absolute Gasteiger partial charge is 0.458 e. The van der Waals surface area contributed by atoms with E-state index in [1.165, 1.54) is 0 Å². The van der Waals surface area contributed by atoms with E-state index in [-0.39, 0.29) is 5.24 Å². The van der Waals surface area contributed by atoms with Crippen molar-refractivity contribution < 1.29 is 23.5 Å². The summed E-state index contributed by atoms with van der Waals surface area (Å²) in [6.07, 6.45) is 0.545. The topological polar surface area (TPSA) is 106 Å². The number of aromatic nitrogens is 1. The number of fused-ring (bicyclic) bond motifs is 1. The van der Waals surface area contributed by atoms with Gasteiger partial charge in [0.15, 0.2) is 6.10 Å². The number of aliphatic hydroxyl groups excluding tert-OH is 1. The predicted octanol–water partition coefficient (Wildman–Crippen LogP) is 5.11. The molecule has 0 aliphatic carbocycles. The minimum absolute atomic E-state index is 0.333. The first kappa shape index (κ1) is 20.3. The lowest BCUT2D eigenvalue weighted by atomic mass is 10.1. The van der Waals surface area contributed by atoms with Crippen LogP contribution < -0.4 is 5.32 Å². The second-order valence-corrected chi connectivity index (χ2v) is 8.49. The number of amides is 2. The fourth-order valence-electron chi connectivity index (χ4n) is 3.60. The number of aryl methyl sites for hydroxylation is 2. The number of carbonyl (C=O) groups excluding carboxylic acids is 2. The minimum atomic E-state index is -1.10. The number of oxazole rings is 1. The molecular weight excluding hydrogens is 428 g/mol. The summed E-state index contributed by atoms with van der Waals surface area (Å²) in [5, 5.41) is 13.5. The summed E-state index contributed by atoms with van der Waals surface area (Å²) in [7, 11) is 0. The average molecular weight is 446 g/mol. The number of rotatable bonds is 4. The summed E-state index contributed by atoms with van der Waals surface area (Å²) >= 11 is 0.864. The lowest BCUT2D eigenvalue weighted by Gasteiger charge is -2.04. The van der Waals surface area contributed by atoms with Gasteiger partial charge in [-0.15, -0.1) is 0 Å². The Balaban J connectivity index is 1.46. The third kappa shape index (κ3) is 3.63. The van der Waals surface area contributed by atoms with Gasteiger partial charge in [0.1, 0.15) is 22.8 Å². The molecule has 2 aromatic heterocycles. The molecule has 0 radical (unpaired) electrons. The highest BCUT2D eigenvalue weighted by Gasteiger charge is 2.26. The van der Waals surface area contributed by atoms with Crippen molar-refractivity contribution in [2.24, 2.45) is 0 Å².